The molecule has 3 rings (SSSR count). The van der Waals surface area contributed by atoms with Gasteiger partial charge in [-0.3, -0.25) is 9.59 Å². The molecule has 3 aromatic rings. The molecule has 0 aliphatic carbocycles. The zero-order valence-corrected chi connectivity index (χ0v) is 13.5. The molecule has 0 fully saturated rings. The monoisotopic (exact) mass is 348 g/mol. The van der Waals surface area contributed by atoms with Gasteiger partial charge in [0, 0.05) is 11.6 Å². The van der Waals surface area contributed by atoms with Crippen molar-refractivity contribution >= 4 is 11.6 Å². The molecule has 128 valence electrons. The van der Waals surface area contributed by atoms with E-state index in [1.165, 1.54) is 36.4 Å². The summed E-state index contributed by atoms with van der Waals surface area (Å²) in [7, 11) is 0. The molecule has 6 nitrogen and oxygen atoms in total. The maximum atomic E-state index is 13.0. The highest BCUT2D eigenvalue weighted by Crippen LogP contribution is 2.16. The third-order valence-corrected chi connectivity index (χ3v) is 3.62. The molecule has 1 heterocycles. The van der Waals surface area contributed by atoms with Crippen molar-refractivity contribution in [2.75, 3.05) is 5.32 Å². The Morgan fingerprint density at radius 1 is 1.12 bits per heavy atom. The fourth-order valence-corrected chi connectivity index (χ4v) is 2.35. The van der Waals surface area contributed by atoms with Crippen LogP contribution in [0.25, 0.3) is 11.3 Å². The highest BCUT2D eigenvalue weighted by Gasteiger charge is 2.10. The Balaban J connectivity index is 1.82. The fourth-order valence-electron chi connectivity index (χ4n) is 2.35. The minimum atomic E-state index is -0.487. The second kappa shape index (κ2) is 7.40. The summed E-state index contributed by atoms with van der Waals surface area (Å²) < 4.78 is 14.1. The molecule has 0 bridgehead atoms. The number of anilines is 1. The molecule has 0 aliphatic rings. The highest BCUT2D eigenvalue weighted by atomic mass is 19.1. The minimum absolute atomic E-state index is 0.312. The van der Waals surface area contributed by atoms with Crippen LogP contribution in [0.3, 0.4) is 0 Å². The third-order valence-electron chi connectivity index (χ3n) is 3.62. The first-order valence-corrected chi connectivity index (χ1v) is 7.70. The van der Waals surface area contributed by atoms with Crippen LogP contribution < -0.4 is 10.9 Å². The zero-order valence-electron chi connectivity index (χ0n) is 13.5. The number of rotatable bonds is 4. The van der Waals surface area contributed by atoms with Crippen LogP contribution in [0.2, 0.25) is 0 Å². The van der Waals surface area contributed by atoms with Crippen molar-refractivity contribution in [1.82, 2.24) is 9.78 Å². The molecule has 2 aromatic carbocycles. The van der Waals surface area contributed by atoms with Crippen LogP contribution in [0.4, 0.5) is 10.1 Å². The summed E-state index contributed by atoms with van der Waals surface area (Å²) in [5.41, 5.74) is 1.30. The van der Waals surface area contributed by atoms with E-state index in [0.29, 0.717) is 22.5 Å². The van der Waals surface area contributed by atoms with E-state index in [9.17, 15) is 14.0 Å². The smallest absolute Gasteiger partial charge is 0.267 e. The van der Waals surface area contributed by atoms with Crippen molar-refractivity contribution < 1.29 is 9.18 Å². The Hall–Kier alpha value is -3.79. The molecule has 0 saturated carbocycles. The summed E-state index contributed by atoms with van der Waals surface area (Å²) >= 11 is 0. The first-order chi connectivity index (χ1) is 12.6. The van der Waals surface area contributed by atoms with E-state index in [1.54, 1.807) is 24.3 Å². The van der Waals surface area contributed by atoms with E-state index in [4.69, 9.17) is 5.26 Å². The lowest BCUT2D eigenvalue weighted by Crippen LogP contribution is -2.29. The Morgan fingerprint density at radius 2 is 1.85 bits per heavy atom. The zero-order chi connectivity index (χ0) is 18.5. The van der Waals surface area contributed by atoms with Crippen molar-refractivity contribution in [2.45, 2.75) is 6.54 Å². The molecule has 0 atom stereocenters. The fraction of sp³-hybridized carbons (Fsp3) is 0.0526. The third kappa shape index (κ3) is 3.82. The Labute approximate surface area is 148 Å². The highest BCUT2D eigenvalue weighted by molar-refractivity contribution is 5.91. The number of hydrogen-bond acceptors (Lipinski definition) is 4. The van der Waals surface area contributed by atoms with Crippen LogP contribution in [0.15, 0.2) is 65.5 Å². The normalized spacial score (nSPS) is 10.2. The van der Waals surface area contributed by atoms with Crippen LogP contribution >= 0.6 is 0 Å². The van der Waals surface area contributed by atoms with Gasteiger partial charge in [-0.1, -0.05) is 12.1 Å². The summed E-state index contributed by atoms with van der Waals surface area (Å²) in [5.74, 6) is -0.865. The summed E-state index contributed by atoms with van der Waals surface area (Å²) in [6, 6.07) is 17.0. The van der Waals surface area contributed by atoms with E-state index in [0.717, 1.165) is 4.68 Å². The predicted molar refractivity (Wildman–Crippen MR) is 93.7 cm³/mol. The van der Waals surface area contributed by atoms with E-state index in [1.807, 2.05) is 6.07 Å². The van der Waals surface area contributed by atoms with Gasteiger partial charge in [0.05, 0.1) is 16.9 Å². The number of amides is 1. The predicted octanol–water partition coefficient (Wildman–Crippen LogP) is 2.56. The van der Waals surface area contributed by atoms with Crippen molar-refractivity contribution in [2.24, 2.45) is 0 Å². The number of nitrogens with zero attached hydrogens (tertiary/aromatic N) is 3. The van der Waals surface area contributed by atoms with Crippen molar-refractivity contribution in [3.63, 3.8) is 0 Å². The SMILES string of the molecule is N#Cc1ccccc1NC(=O)Cn1nc(-c2ccc(F)cc2)ccc1=O. The van der Waals surface area contributed by atoms with Gasteiger partial charge in [-0.25, -0.2) is 9.07 Å². The number of halogens is 1. The molecule has 0 radical (unpaired) electrons. The summed E-state index contributed by atoms with van der Waals surface area (Å²) in [6.45, 7) is -0.312. The van der Waals surface area contributed by atoms with Crippen LogP contribution in [-0.4, -0.2) is 15.7 Å². The number of nitrogens with one attached hydrogen (secondary N) is 1. The van der Waals surface area contributed by atoms with Gasteiger partial charge in [-0.15, -0.1) is 0 Å². The summed E-state index contributed by atoms with van der Waals surface area (Å²) in [5, 5.41) is 15.8. The van der Waals surface area contributed by atoms with Crippen molar-refractivity contribution in [1.29, 1.82) is 5.26 Å². The van der Waals surface area contributed by atoms with Gasteiger partial charge < -0.3 is 5.32 Å². The van der Waals surface area contributed by atoms with E-state index in [2.05, 4.69) is 10.4 Å². The molecular weight excluding hydrogens is 335 g/mol. The topological polar surface area (TPSA) is 87.8 Å². The molecular formula is C19H13FN4O2. The largest absolute Gasteiger partial charge is 0.323 e. The first kappa shape index (κ1) is 17.0. The van der Waals surface area contributed by atoms with Gasteiger partial charge in [0.1, 0.15) is 18.4 Å². The van der Waals surface area contributed by atoms with Gasteiger partial charge in [-0.05, 0) is 42.5 Å². The summed E-state index contributed by atoms with van der Waals surface area (Å²) in [6.07, 6.45) is 0. The van der Waals surface area contributed by atoms with Gasteiger partial charge in [0.25, 0.3) is 5.56 Å². The van der Waals surface area contributed by atoms with Crippen LogP contribution in [-0.2, 0) is 11.3 Å². The standard InChI is InChI=1S/C19H13FN4O2/c20-15-7-5-13(6-8-15)17-9-10-19(26)24(23-17)12-18(25)22-16-4-2-1-3-14(16)11-21/h1-10H,12H2,(H,22,25). The number of hydrogen-bond donors (Lipinski definition) is 1. The molecule has 0 unspecified atom stereocenters. The van der Waals surface area contributed by atoms with Crippen molar-refractivity contribution in [3.05, 3.63) is 82.4 Å². The minimum Gasteiger partial charge on any atom is -0.323 e. The molecule has 0 spiro atoms. The molecule has 1 N–H and O–H groups in total. The number of carbonyl (C=O) groups is 1. The Kier molecular flexibility index (Phi) is 4.85. The average Bonchev–Trinajstić information content (AvgIpc) is 2.64. The maximum Gasteiger partial charge on any atom is 0.267 e. The molecule has 1 amide bonds. The van der Waals surface area contributed by atoms with Gasteiger partial charge in [0.2, 0.25) is 5.91 Å². The quantitative estimate of drug-likeness (QED) is 0.785. The molecule has 0 saturated heterocycles. The molecule has 7 heteroatoms. The second-order valence-electron chi connectivity index (χ2n) is 5.43. The number of aromatic nitrogens is 2. The van der Waals surface area contributed by atoms with Crippen molar-refractivity contribution in [3.8, 4) is 17.3 Å². The van der Waals surface area contributed by atoms with E-state index >= 15 is 0 Å². The van der Waals surface area contributed by atoms with Gasteiger partial charge in [0.15, 0.2) is 0 Å². The molecule has 0 aliphatic heterocycles. The average molecular weight is 348 g/mol. The Bertz CT molecular complexity index is 1050. The number of carbonyl (C=O) groups excluding carboxylic acids is 1. The number of para-hydroxylation sites is 1. The number of nitriles is 1. The van der Waals surface area contributed by atoms with E-state index < -0.39 is 11.5 Å². The van der Waals surface area contributed by atoms with Crippen LogP contribution in [0, 0.1) is 17.1 Å². The molecule has 1 aromatic heterocycles. The van der Waals surface area contributed by atoms with E-state index in [-0.39, 0.29) is 12.4 Å². The molecule has 26 heavy (non-hydrogen) atoms. The second-order valence-corrected chi connectivity index (χ2v) is 5.43. The lowest BCUT2D eigenvalue weighted by atomic mass is 10.1. The number of benzene rings is 2. The lowest BCUT2D eigenvalue weighted by molar-refractivity contribution is -0.117. The first-order valence-electron chi connectivity index (χ1n) is 7.70. The maximum absolute atomic E-state index is 13.0. The Morgan fingerprint density at radius 3 is 2.58 bits per heavy atom. The van der Waals surface area contributed by atoms with Gasteiger partial charge in [-0.2, -0.15) is 10.4 Å². The van der Waals surface area contributed by atoms with Crippen LogP contribution in [0.1, 0.15) is 5.56 Å². The van der Waals surface area contributed by atoms with Gasteiger partial charge >= 0.3 is 0 Å². The van der Waals surface area contributed by atoms with Crippen LogP contribution in [0.5, 0.6) is 0 Å². The lowest BCUT2D eigenvalue weighted by Gasteiger charge is -2.09. The summed E-state index contributed by atoms with van der Waals surface area (Å²) in [4.78, 5) is 24.2.